The molecule has 2 aliphatic rings. The van der Waals surface area contributed by atoms with Crippen LogP contribution in [0.25, 0.3) is 0 Å². The lowest BCUT2D eigenvalue weighted by molar-refractivity contribution is 0.0975. The summed E-state index contributed by atoms with van der Waals surface area (Å²) >= 11 is 0. The molecule has 4 rings (SSSR count). The standard InChI is InChI=1S/C20H28N4O3/c1-20(2,3)13-6-4-12(5-7-13)15-10-17(23-22-15)21-19(25)18-14-11-26-9-8-16(14)27-24-18/h10,12-13H,4-9,11H2,1-3H3,(H2,21,22,23,25). The minimum atomic E-state index is -0.306. The molecule has 0 aromatic carbocycles. The van der Waals surface area contributed by atoms with Crippen molar-refractivity contribution in [1.29, 1.82) is 0 Å². The highest BCUT2D eigenvalue weighted by molar-refractivity contribution is 6.03. The normalized spacial score (nSPS) is 23.1. The molecular weight excluding hydrogens is 344 g/mol. The fourth-order valence-electron chi connectivity index (χ4n) is 4.26. The number of aromatic nitrogens is 3. The largest absolute Gasteiger partial charge is 0.376 e. The van der Waals surface area contributed by atoms with Gasteiger partial charge in [-0.25, -0.2) is 0 Å². The molecule has 2 aromatic heterocycles. The van der Waals surface area contributed by atoms with Crippen molar-refractivity contribution < 1.29 is 14.1 Å². The van der Waals surface area contributed by atoms with Crippen LogP contribution in [0, 0.1) is 11.3 Å². The number of ether oxygens (including phenoxy) is 1. The van der Waals surface area contributed by atoms with Crippen molar-refractivity contribution in [3.63, 3.8) is 0 Å². The van der Waals surface area contributed by atoms with Crippen LogP contribution in [0.2, 0.25) is 0 Å². The summed E-state index contributed by atoms with van der Waals surface area (Å²) in [6.45, 7) is 7.95. The molecule has 1 aliphatic heterocycles. The maximum Gasteiger partial charge on any atom is 0.279 e. The van der Waals surface area contributed by atoms with Crippen LogP contribution in [0.15, 0.2) is 10.6 Å². The van der Waals surface area contributed by atoms with Crippen molar-refractivity contribution in [2.24, 2.45) is 11.3 Å². The van der Waals surface area contributed by atoms with Crippen molar-refractivity contribution in [2.75, 3.05) is 11.9 Å². The van der Waals surface area contributed by atoms with E-state index in [0.29, 0.717) is 42.5 Å². The van der Waals surface area contributed by atoms with Crippen LogP contribution < -0.4 is 5.32 Å². The monoisotopic (exact) mass is 372 g/mol. The van der Waals surface area contributed by atoms with Gasteiger partial charge in [0.25, 0.3) is 5.91 Å². The third-order valence-electron chi connectivity index (χ3n) is 6.04. The lowest BCUT2D eigenvalue weighted by Gasteiger charge is -2.36. The fraction of sp³-hybridized carbons (Fsp3) is 0.650. The first-order chi connectivity index (χ1) is 12.9. The van der Waals surface area contributed by atoms with E-state index in [1.165, 1.54) is 12.8 Å². The first-order valence-corrected chi connectivity index (χ1v) is 9.83. The Bertz CT molecular complexity index is 810. The van der Waals surface area contributed by atoms with E-state index >= 15 is 0 Å². The van der Waals surface area contributed by atoms with Crippen molar-refractivity contribution >= 4 is 11.7 Å². The number of hydrogen-bond donors (Lipinski definition) is 2. The van der Waals surface area contributed by atoms with Gasteiger partial charge in [0.15, 0.2) is 11.5 Å². The number of hydrogen-bond acceptors (Lipinski definition) is 5. The van der Waals surface area contributed by atoms with Crippen LogP contribution in [0.4, 0.5) is 5.82 Å². The molecule has 0 spiro atoms. The van der Waals surface area contributed by atoms with Crippen LogP contribution in [0.1, 0.15) is 79.9 Å². The van der Waals surface area contributed by atoms with Gasteiger partial charge in [-0.05, 0) is 37.0 Å². The Morgan fingerprint density at radius 2 is 2.04 bits per heavy atom. The Balaban J connectivity index is 1.39. The highest BCUT2D eigenvalue weighted by atomic mass is 16.5. The highest BCUT2D eigenvalue weighted by Gasteiger charge is 2.31. The second-order valence-electron chi connectivity index (χ2n) is 8.81. The Labute approximate surface area is 159 Å². The first kappa shape index (κ1) is 18.2. The number of H-pyrrole nitrogens is 1. The second-order valence-corrected chi connectivity index (χ2v) is 8.81. The predicted molar refractivity (Wildman–Crippen MR) is 101 cm³/mol. The molecule has 0 radical (unpaired) electrons. The van der Waals surface area contributed by atoms with E-state index in [4.69, 9.17) is 9.26 Å². The van der Waals surface area contributed by atoms with Crippen LogP contribution in [-0.4, -0.2) is 27.9 Å². The van der Waals surface area contributed by atoms with Crippen molar-refractivity contribution in [3.8, 4) is 0 Å². The number of rotatable bonds is 3. The van der Waals surface area contributed by atoms with Gasteiger partial charge in [0.2, 0.25) is 0 Å². The zero-order valence-electron chi connectivity index (χ0n) is 16.3. The zero-order chi connectivity index (χ0) is 19.0. The number of amides is 1. The van der Waals surface area contributed by atoms with Gasteiger partial charge in [-0.1, -0.05) is 25.9 Å². The molecule has 1 fully saturated rings. The number of fused-ring (bicyclic) bond motifs is 1. The average molecular weight is 372 g/mol. The Hall–Kier alpha value is -2.15. The van der Waals surface area contributed by atoms with Crippen molar-refractivity contribution in [2.45, 2.75) is 65.4 Å². The fourth-order valence-corrected chi connectivity index (χ4v) is 4.26. The molecule has 7 nitrogen and oxygen atoms in total. The number of aromatic amines is 1. The Morgan fingerprint density at radius 1 is 1.26 bits per heavy atom. The third-order valence-corrected chi connectivity index (χ3v) is 6.04. The topological polar surface area (TPSA) is 93.0 Å². The molecule has 146 valence electrons. The molecule has 2 N–H and O–H groups in total. The lowest BCUT2D eigenvalue weighted by atomic mass is 9.69. The minimum absolute atomic E-state index is 0.292. The maximum absolute atomic E-state index is 12.5. The van der Waals surface area contributed by atoms with Gasteiger partial charge in [0.05, 0.1) is 18.8 Å². The van der Waals surface area contributed by atoms with Crippen molar-refractivity contribution in [1.82, 2.24) is 15.4 Å². The van der Waals surface area contributed by atoms with Gasteiger partial charge in [-0.15, -0.1) is 0 Å². The molecule has 0 atom stereocenters. The smallest absolute Gasteiger partial charge is 0.279 e. The predicted octanol–water partition coefficient (Wildman–Crippen LogP) is 4.04. The SMILES string of the molecule is CC(C)(C)C1CCC(c2cc(NC(=O)c3noc4c3COCC4)n[nH]2)CC1. The zero-order valence-corrected chi connectivity index (χ0v) is 16.3. The molecule has 3 heterocycles. The van der Waals surface area contributed by atoms with Gasteiger partial charge in [0.1, 0.15) is 5.76 Å². The number of nitrogens with zero attached hydrogens (tertiary/aromatic N) is 2. The highest BCUT2D eigenvalue weighted by Crippen LogP contribution is 2.43. The van der Waals surface area contributed by atoms with E-state index in [1.807, 2.05) is 6.07 Å². The molecule has 0 bridgehead atoms. The number of carbonyl (C=O) groups excluding carboxylic acids is 1. The first-order valence-electron chi connectivity index (χ1n) is 9.83. The molecule has 27 heavy (non-hydrogen) atoms. The van der Waals surface area contributed by atoms with E-state index in [9.17, 15) is 4.79 Å². The van der Waals surface area contributed by atoms with E-state index in [2.05, 4.69) is 41.4 Å². The molecule has 0 saturated heterocycles. The van der Waals surface area contributed by atoms with Crippen LogP contribution in [0.5, 0.6) is 0 Å². The number of nitrogens with one attached hydrogen (secondary N) is 2. The summed E-state index contributed by atoms with van der Waals surface area (Å²) < 4.78 is 10.7. The Kier molecular flexibility index (Phi) is 4.80. The molecule has 1 aliphatic carbocycles. The number of anilines is 1. The summed E-state index contributed by atoms with van der Waals surface area (Å²) in [5.41, 5.74) is 2.51. The second kappa shape index (κ2) is 7.11. The summed E-state index contributed by atoms with van der Waals surface area (Å²) in [4.78, 5) is 12.5. The third kappa shape index (κ3) is 3.78. The average Bonchev–Trinajstić information content (AvgIpc) is 3.28. The van der Waals surface area contributed by atoms with Gasteiger partial charge in [-0.3, -0.25) is 9.89 Å². The summed E-state index contributed by atoms with van der Waals surface area (Å²) in [6, 6.07) is 1.95. The lowest BCUT2D eigenvalue weighted by Crippen LogP contribution is -2.25. The molecule has 1 amide bonds. The maximum atomic E-state index is 12.5. The van der Waals surface area contributed by atoms with E-state index in [1.54, 1.807) is 0 Å². The summed E-state index contributed by atoms with van der Waals surface area (Å²) in [6.07, 6.45) is 5.44. The molecule has 2 aromatic rings. The van der Waals surface area contributed by atoms with Crippen molar-refractivity contribution in [3.05, 3.63) is 28.8 Å². The van der Waals surface area contributed by atoms with E-state index in [0.717, 1.165) is 35.8 Å². The quantitative estimate of drug-likeness (QED) is 0.848. The molecule has 1 saturated carbocycles. The molecule has 7 heteroatoms. The summed E-state index contributed by atoms with van der Waals surface area (Å²) in [5.74, 6) is 2.22. The molecule has 0 unspecified atom stereocenters. The van der Waals surface area contributed by atoms with Crippen LogP contribution in [-0.2, 0) is 17.8 Å². The van der Waals surface area contributed by atoms with E-state index < -0.39 is 0 Å². The van der Waals surface area contributed by atoms with Gasteiger partial charge < -0.3 is 14.6 Å². The molecular formula is C20H28N4O3. The van der Waals surface area contributed by atoms with Crippen LogP contribution >= 0.6 is 0 Å². The van der Waals surface area contributed by atoms with E-state index in [-0.39, 0.29) is 5.91 Å². The van der Waals surface area contributed by atoms with Gasteiger partial charge in [-0.2, -0.15) is 5.10 Å². The van der Waals surface area contributed by atoms with Gasteiger partial charge >= 0.3 is 0 Å². The summed E-state index contributed by atoms with van der Waals surface area (Å²) in [5, 5.41) is 14.1. The van der Waals surface area contributed by atoms with Gasteiger partial charge in [0, 0.05) is 24.1 Å². The Morgan fingerprint density at radius 3 is 2.78 bits per heavy atom. The number of carbonyl (C=O) groups is 1. The van der Waals surface area contributed by atoms with Crippen LogP contribution in [0.3, 0.4) is 0 Å². The minimum Gasteiger partial charge on any atom is -0.376 e. The summed E-state index contributed by atoms with van der Waals surface area (Å²) in [7, 11) is 0.